The molecule has 1 unspecified atom stereocenters. The fraction of sp³-hybridized carbons (Fsp3) is 0.412. The first kappa shape index (κ1) is 27.0. The summed E-state index contributed by atoms with van der Waals surface area (Å²) in [7, 11) is 0. The largest absolute Gasteiger partial charge is 1.00 e. The molecule has 2 aliphatic heterocycles. The van der Waals surface area contributed by atoms with Gasteiger partial charge in [-0.1, -0.05) is 34.1 Å². The van der Waals surface area contributed by atoms with Crippen molar-refractivity contribution in [2.75, 3.05) is 0 Å². The van der Waals surface area contributed by atoms with Gasteiger partial charge in [-0.25, -0.2) is 4.79 Å². The topological polar surface area (TPSA) is 133 Å². The number of hydrogen-bond acceptors (Lipinski definition) is 7. The van der Waals surface area contributed by atoms with Crippen LogP contribution >= 0.6 is 27.7 Å². The van der Waals surface area contributed by atoms with Crippen LogP contribution in [0.5, 0.6) is 0 Å². The minimum Gasteiger partial charge on any atom is -0.861 e. The molecule has 0 aromatic heterocycles. The van der Waals surface area contributed by atoms with Gasteiger partial charge in [0.2, 0.25) is 0 Å². The van der Waals surface area contributed by atoms with Crippen LogP contribution in [0.15, 0.2) is 33.7 Å². The number of amides is 1. The summed E-state index contributed by atoms with van der Waals surface area (Å²) >= 11 is 4.43. The molecule has 4 atom stereocenters. The predicted molar refractivity (Wildman–Crippen MR) is 96.8 cm³/mol. The minimum absolute atomic E-state index is 0. The zero-order chi connectivity index (χ0) is 20.1. The maximum Gasteiger partial charge on any atom is 1.00 e. The molecule has 2 saturated heterocycles. The van der Waals surface area contributed by atoms with E-state index in [2.05, 4.69) is 20.9 Å². The monoisotopic (exact) mass is 500 g/mol. The van der Waals surface area contributed by atoms with Gasteiger partial charge >= 0.3 is 65.1 Å². The number of carboxylic acids is 2. The molecule has 29 heavy (non-hydrogen) atoms. The van der Waals surface area contributed by atoms with Gasteiger partial charge in [-0.15, -0.1) is 11.8 Å². The number of nitrogens with zero attached hydrogens (tertiary/aromatic N) is 2. The number of carbonyl (C=O) groups is 3. The normalized spacial score (nSPS) is 25.8. The standard InChI is InChI=1S/C17H17BrN2O6S.2Na/c1-17(2)11(16(25)26)20-13(22)10(14(20)27-17)19-12(21)9(15(23)24)7-5-3-4-6-8(7)18;;/h3-6,9-11,14H,1-2H3,(H,19,21)(H,23,24)(H,25,26);;/q;2*+1/p-2/t9?,10-,11+,14-;;/m1../s1. The summed E-state index contributed by atoms with van der Waals surface area (Å²) in [5.41, 5.74) is 0.178. The molecule has 2 fully saturated rings. The Hall–Kier alpha value is -0.0700. The number of halogens is 1. The number of β-lactam (4-membered cyclic amide) rings is 1. The quantitative estimate of drug-likeness (QED) is 0.184. The maximum absolute atomic E-state index is 12.5. The van der Waals surface area contributed by atoms with Crippen LogP contribution in [-0.2, 0) is 14.4 Å². The van der Waals surface area contributed by atoms with Crippen LogP contribution in [0, 0.1) is 0 Å². The number of hydrogen-bond donors (Lipinski definition) is 1. The van der Waals surface area contributed by atoms with Crippen LogP contribution in [0.25, 0.3) is 0 Å². The zero-order valence-electron chi connectivity index (χ0n) is 16.3. The van der Waals surface area contributed by atoms with Crippen LogP contribution in [0.1, 0.15) is 25.3 Å². The zero-order valence-corrected chi connectivity index (χ0v) is 22.7. The number of thioether (sulfide) groups is 1. The van der Waals surface area contributed by atoms with Gasteiger partial charge in [0.25, 0.3) is 5.91 Å². The first-order chi connectivity index (χ1) is 12.6. The van der Waals surface area contributed by atoms with Crippen molar-refractivity contribution in [3.05, 3.63) is 34.3 Å². The van der Waals surface area contributed by atoms with Crippen LogP contribution in [0.4, 0.5) is 0 Å². The maximum atomic E-state index is 12.5. The summed E-state index contributed by atoms with van der Waals surface area (Å²) < 4.78 is -0.345. The Kier molecular flexibility index (Phi) is 9.33. The van der Waals surface area contributed by atoms with Gasteiger partial charge in [0, 0.05) is 9.22 Å². The number of rotatable bonds is 5. The van der Waals surface area contributed by atoms with E-state index in [4.69, 9.17) is 0 Å². The van der Waals surface area contributed by atoms with Gasteiger partial charge in [-0.05, 0) is 31.4 Å². The van der Waals surface area contributed by atoms with Crippen molar-refractivity contribution in [3.8, 4) is 0 Å². The fourth-order valence-corrected chi connectivity index (χ4v) is 5.52. The molecule has 0 spiro atoms. The Morgan fingerprint density at radius 3 is 2.38 bits per heavy atom. The second-order valence-corrected chi connectivity index (χ2v) is 9.41. The number of benzene rings is 1. The molecule has 1 N–H and O–H groups in total. The van der Waals surface area contributed by atoms with E-state index in [0.717, 1.165) is 0 Å². The van der Waals surface area contributed by atoms with E-state index in [1.54, 1.807) is 32.0 Å². The second kappa shape index (κ2) is 10.0. The van der Waals surface area contributed by atoms with E-state index in [-0.39, 0.29) is 64.7 Å². The van der Waals surface area contributed by atoms with Crippen molar-refractivity contribution in [3.63, 3.8) is 0 Å². The van der Waals surface area contributed by atoms with E-state index in [1.165, 1.54) is 22.7 Å². The summed E-state index contributed by atoms with van der Waals surface area (Å²) in [6.07, 6.45) is 0. The van der Waals surface area contributed by atoms with Crippen LogP contribution in [0.3, 0.4) is 0 Å². The Bertz CT molecular complexity index is 868. The van der Waals surface area contributed by atoms with Crippen LogP contribution in [-0.4, -0.2) is 56.0 Å². The second-order valence-electron chi connectivity index (χ2n) is 6.78. The van der Waals surface area contributed by atoms with Crippen molar-refractivity contribution in [2.24, 2.45) is 4.99 Å². The average molecular weight is 501 g/mol. The smallest absolute Gasteiger partial charge is 0.861 e. The summed E-state index contributed by atoms with van der Waals surface area (Å²) in [4.78, 5) is 40.5. The fourth-order valence-electron chi connectivity index (χ4n) is 3.39. The Morgan fingerprint density at radius 2 is 1.86 bits per heavy atom. The van der Waals surface area contributed by atoms with Crippen LogP contribution in [0.2, 0.25) is 0 Å². The van der Waals surface area contributed by atoms with Crippen molar-refractivity contribution in [2.45, 2.75) is 42.0 Å². The Balaban J connectivity index is 0.00000210. The molecule has 3 rings (SSSR count). The van der Waals surface area contributed by atoms with E-state index in [9.17, 15) is 29.7 Å². The first-order valence-electron chi connectivity index (χ1n) is 7.99. The summed E-state index contributed by atoms with van der Waals surface area (Å²) in [5.74, 6) is -6.01. The molecule has 1 aromatic rings. The number of carbonyl (C=O) groups excluding carboxylic acids is 2. The van der Waals surface area contributed by atoms with Crippen molar-refractivity contribution in [1.29, 1.82) is 0 Å². The van der Waals surface area contributed by atoms with Crippen molar-refractivity contribution < 1.29 is 88.8 Å². The molecule has 144 valence electrons. The van der Waals surface area contributed by atoms with Crippen LogP contribution < -0.4 is 69.3 Å². The van der Waals surface area contributed by atoms with Crippen molar-refractivity contribution in [1.82, 2.24) is 4.90 Å². The molecule has 0 saturated carbocycles. The van der Waals surface area contributed by atoms with Crippen molar-refractivity contribution >= 4 is 51.4 Å². The van der Waals surface area contributed by atoms with E-state index >= 15 is 0 Å². The molecule has 0 bridgehead atoms. The number of fused-ring (bicyclic) bond motifs is 1. The van der Waals surface area contributed by atoms with Gasteiger partial charge < -0.3 is 25.0 Å². The SMILES string of the molecule is CC1(C)S[C@@H]2[C@H](N=C([O-])C(C(=O)[O-])c3ccccc3Br)C(=O)N2[C@H]1C(=O)O.[Na+].[Na+]. The number of aliphatic carboxylic acids is 2. The van der Waals surface area contributed by atoms with E-state index in [1.807, 2.05) is 0 Å². The predicted octanol–water partition coefficient (Wildman–Crippen LogP) is -6.44. The number of carboxylic acid groups (broad SMARTS) is 2. The molecule has 2 aliphatic rings. The molecular weight excluding hydrogens is 486 g/mol. The molecule has 1 amide bonds. The first-order valence-corrected chi connectivity index (χ1v) is 9.66. The van der Waals surface area contributed by atoms with Gasteiger partial charge in [0.05, 0.1) is 11.9 Å². The molecule has 8 nitrogen and oxygen atoms in total. The third-order valence-corrected chi connectivity index (χ3v) is 6.89. The van der Waals surface area contributed by atoms with Gasteiger partial charge in [-0.3, -0.25) is 9.79 Å². The van der Waals surface area contributed by atoms with Gasteiger partial charge in [0.15, 0.2) is 6.04 Å². The summed E-state index contributed by atoms with van der Waals surface area (Å²) in [6, 6.07) is 4.16. The molecule has 1 aromatic carbocycles. The molecular formula is C17H15BrN2Na2O6S. The summed E-state index contributed by atoms with van der Waals surface area (Å²) in [6.45, 7) is 3.40. The van der Waals surface area contributed by atoms with E-state index < -0.39 is 51.9 Å². The molecule has 2 heterocycles. The third-order valence-electron chi connectivity index (χ3n) is 4.61. The molecule has 0 radical (unpaired) electrons. The number of aliphatic imine (C=N–C) groups is 1. The summed E-state index contributed by atoms with van der Waals surface area (Å²) in [5, 5.41) is 32.9. The minimum atomic E-state index is -1.66. The Labute approximate surface area is 224 Å². The Morgan fingerprint density at radius 1 is 1.28 bits per heavy atom. The molecule has 0 aliphatic carbocycles. The van der Waals surface area contributed by atoms with Gasteiger partial charge in [-0.2, -0.15) is 0 Å². The average Bonchev–Trinajstić information content (AvgIpc) is 2.82. The van der Waals surface area contributed by atoms with E-state index in [0.29, 0.717) is 4.47 Å². The third kappa shape index (κ3) is 4.90. The van der Waals surface area contributed by atoms with Gasteiger partial charge in [0.1, 0.15) is 11.4 Å². The molecule has 12 heteroatoms.